The Labute approximate surface area is 141 Å². The fraction of sp³-hybridized carbons (Fsp3) is 0.500. The maximum absolute atomic E-state index is 13.0. The minimum absolute atomic E-state index is 0.0277. The summed E-state index contributed by atoms with van der Waals surface area (Å²) in [5.74, 6) is -0.0277. The number of benzene rings is 1. The highest BCUT2D eigenvalue weighted by Gasteiger charge is 2.45. The van der Waals surface area contributed by atoms with E-state index in [9.17, 15) is 4.79 Å². The van der Waals surface area contributed by atoms with Crippen molar-refractivity contribution in [2.75, 3.05) is 19.8 Å². The maximum Gasteiger partial charge on any atom is 0.276 e. The highest BCUT2D eigenvalue weighted by molar-refractivity contribution is 5.92. The van der Waals surface area contributed by atoms with Crippen molar-refractivity contribution in [1.29, 1.82) is 0 Å². The lowest BCUT2D eigenvalue weighted by Crippen LogP contribution is -2.57. The quantitative estimate of drug-likeness (QED) is 0.850. The van der Waals surface area contributed by atoms with E-state index in [2.05, 4.69) is 10.3 Å². The van der Waals surface area contributed by atoms with Gasteiger partial charge in [-0.1, -0.05) is 36.3 Å². The molecule has 2 aromatic rings. The van der Waals surface area contributed by atoms with Gasteiger partial charge in [-0.25, -0.2) is 4.68 Å². The van der Waals surface area contributed by atoms with Crippen LogP contribution < -0.4 is 0 Å². The molecule has 1 aromatic heterocycles. The molecule has 126 valence electrons. The summed E-state index contributed by atoms with van der Waals surface area (Å²) in [5, 5.41) is 8.31. The molecule has 1 aliphatic heterocycles. The molecule has 1 aliphatic carbocycles. The molecule has 1 aromatic carbocycles. The first-order valence-corrected chi connectivity index (χ1v) is 8.58. The lowest BCUT2D eigenvalue weighted by atomic mass is 9.94. The summed E-state index contributed by atoms with van der Waals surface area (Å²) in [4.78, 5) is 15.0. The number of aryl methyl sites for hydroxylation is 1. The normalized spacial score (nSPS) is 19.8. The molecular formula is C18H22N4O2. The molecular weight excluding hydrogens is 304 g/mol. The molecule has 1 saturated carbocycles. The zero-order valence-corrected chi connectivity index (χ0v) is 13.9. The van der Waals surface area contributed by atoms with Crippen molar-refractivity contribution in [3.05, 3.63) is 41.7 Å². The van der Waals surface area contributed by atoms with Crippen LogP contribution in [-0.4, -0.2) is 51.1 Å². The van der Waals surface area contributed by atoms with Gasteiger partial charge in [0.25, 0.3) is 5.91 Å². The summed E-state index contributed by atoms with van der Waals surface area (Å²) >= 11 is 0. The van der Waals surface area contributed by atoms with Gasteiger partial charge in [-0.3, -0.25) is 4.79 Å². The average Bonchev–Trinajstić information content (AvgIpc) is 3.26. The Morgan fingerprint density at radius 1 is 1.25 bits per heavy atom. The number of hydrogen-bond donors (Lipinski definition) is 0. The zero-order chi connectivity index (χ0) is 16.6. The van der Waals surface area contributed by atoms with Crippen LogP contribution in [-0.2, 0) is 4.74 Å². The number of nitrogens with zero attached hydrogens (tertiary/aromatic N) is 4. The van der Waals surface area contributed by atoms with Crippen LogP contribution in [0.3, 0.4) is 0 Å². The number of carbonyl (C=O) groups excluding carboxylic acids is 1. The van der Waals surface area contributed by atoms with Crippen molar-refractivity contribution in [3.8, 4) is 5.69 Å². The number of carbonyl (C=O) groups is 1. The van der Waals surface area contributed by atoms with Crippen molar-refractivity contribution >= 4 is 5.91 Å². The number of amides is 1. The predicted molar refractivity (Wildman–Crippen MR) is 89.2 cm³/mol. The summed E-state index contributed by atoms with van der Waals surface area (Å²) < 4.78 is 7.36. The van der Waals surface area contributed by atoms with Gasteiger partial charge in [-0.15, -0.1) is 5.10 Å². The monoisotopic (exact) mass is 326 g/mol. The van der Waals surface area contributed by atoms with E-state index in [1.54, 1.807) is 10.9 Å². The Balaban J connectivity index is 1.62. The van der Waals surface area contributed by atoms with Gasteiger partial charge >= 0.3 is 0 Å². The first-order chi connectivity index (χ1) is 11.7. The second-order valence-corrected chi connectivity index (χ2v) is 6.78. The largest absolute Gasteiger partial charge is 0.377 e. The molecule has 24 heavy (non-hydrogen) atoms. The maximum atomic E-state index is 13.0. The van der Waals surface area contributed by atoms with Crippen molar-refractivity contribution < 1.29 is 9.53 Å². The Morgan fingerprint density at radius 2 is 2.04 bits per heavy atom. The van der Waals surface area contributed by atoms with E-state index in [0.29, 0.717) is 25.5 Å². The van der Waals surface area contributed by atoms with Gasteiger partial charge in [0.2, 0.25) is 0 Å². The number of ether oxygens (including phenoxy) is 1. The molecule has 0 bridgehead atoms. The third kappa shape index (κ3) is 2.51. The molecule has 6 nitrogen and oxygen atoms in total. The average molecular weight is 326 g/mol. The lowest BCUT2D eigenvalue weighted by molar-refractivity contribution is -0.0504. The third-order valence-electron chi connectivity index (χ3n) is 5.26. The fourth-order valence-corrected chi connectivity index (χ4v) is 3.94. The van der Waals surface area contributed by atoms with E-state index in [4.69, 9.17) is 4.74 Å². The molecule has 2 heterocycles. The van der Waals surface area contributed by atoms with Crippen molar-refractivity contribution in [3.63, 3.8) is 0 Å². The SMILES string of the molecule is Cc1ccccc1-n1cc(C(=O)N2CCOCC23CCCC3)nn1. The van der Waals surface area contributed by atoms with Crippen molar-refractivity contribution in [1.82, 2.24) is 19.9 Å². The van der Waals surface area contributed by atoms with Gasteiger partial charge < -0.3 is 9.64 Å². The first-order valence-electron chi connectivity index (χ1n) is 8.58. The Hall–Kier alpha value is -2.21. The van der Waals surface area contributed by atoms with Gasteiger partial charge in [0.1, 0.15) is 0 Å². The topological polar surface area (TPSA) is 60.2 Å². The molecule has 0 radical (unpaired) electrons. The molecule has 0 unspecified atom stereocenters. The van der Waals surface area contributed by atoms with Gasteiger partial charge in [-0.2, -0.15) is 0 Å². The number of rotatable bonds is 2. The van der Waals surface area contributed by atoms with Crippen molar-refractivity contribution in [2.24, 2.45) is 0 Å². The predicted octanol–water partition coefficient (Wildman–Crippen LogP) is 2.36. The van der Waals surface area contributed by atoms with Gasteiger partial charge in [-0.05, 0) is 31.4 Å². The summed E-state index contributed by atoms with van der Waals surface area (Å²) in [7, 11) is 0. The molecule has 2 aliphatic rings. The molecule has 0 atom stereocenters. The van der Waals surface area contributed by atoms with Crippen LogP contribution in [0.4, 0.5) is 0 Å². The van der Waals surface area contributed by atoms with E-state index in [0.717, 1.165) is 36.9 Å². The van der Waals surface area contributed by atoms with Gasteiger partial charge in [0.15, 0.2) is 5.69 Å². The summed E-state index contributed by atoms with van der Waals surface area (Å²) in [6, 6.07) is 7.94. The lowest BCUT2D eigenvalue weighted by Gasteiger charge is -2.44. The van der Waals surface area contributed by atoms with E-state index in [1.807, 2.05) is 36.1 Å². The molecule has 4 rings (SSSR count). The number of para-hydroxylation sites is 1. The molecule has 1 saturated heterocycles. The Bertz CT molecular complexity index is 749. The summed E-state index contributed by atoms with van der Waals surface area (Å²) in [6.07, 6.45) is 6.09. The second-order valence-electron chi connectivity index (χ2n) is 6.78. The molecule has 0 N–H and O–H groups in total. The van der Waals surface area contributed by atoms with Crippen LogP contribution >= 0.6 is 0 Å². The molecule has 1 spiro atoms. The Kier molecular flexibility index (Phi) is 3.84. The van der Waals surface area contributed by atoms with Crippen LogP contribution in [0.1, 0.15) is 41.7 Å². The highest BCUT2D eigenvalue weighted by atomic mass is 16.5. The van der Waals surface area contributed by atoms with E-state index >= 15 is 0 Å². The van der Waals surface area contributed by atoms with Crippen LogP contribution in [0.5, 0.6) is 0 Å². The molecule has 1 amide bonds. The summed E-state index contributed by atoms with van der Waals surface area (Å²) in [5.41, 5.74) is 2.31. The van der Waals surface area contributed by atoms with Gasteiger partial charge in [0.05, 0.1) is 30.6 Å². The molecule has 6 heteroatoms. The number of aromatic nitrogens is 3. The Morgan fingerprint density at radius 3 is 2.83 bits per heavy atom. The minimum atomic E-state index is -0.137. The second kappa shape index (κ2) is 6.02. The number of morpholine rings is 1. The highest BCUT2D eigenvalue weighted by Crippen LogP contribution is 2.38. The molecule has 2 fully saturated rings. The standard InChI is InChI=1S/C18H22N4O2/c1-14-6-2-3-7-16(14)22-12-15(19-20-22)17(23)21-10-11-24-13-18(21)8-4-5-9-18/h2-3,6-7,12H,4-5,8-11,13H2,1H3. The zero-order valence-electron chi connectivity index (χ0n) is 13.9. The number of hydrogen-bond acceptors (Lipinski definition) is 4. The minimum Gasteiger partial charge on any atom is -0.377 e. The van der Waals surface area contributed by atoms with Gasteiger partial charge in [0, 0.05) is 6.54 Å². The van der Waals surface area contributed by atoms with Crippen molar-refractivity contribution in [2.45, 2.75) is 38.1 Å². The summed E-state index contributed by atoms with van der Waals surface area (Å²) in [6.45, 7) is 3.90. The smallest absolute Gasteiger partial charge is 0.276 e. The van der Waals surface area contributed by atoms with E-state index < -0.39 is 0 Å². The van der Waals surface area contributed by atoms with Crippen LogP contribution in [0.15, 0.2) is 30.5 Å². The first kappa shape index (κ1) is 15.3. The van der Waals surface area contributed by atoms with E-state index in [1.165, 1.54) is 0 Å². The van der Waals surface area contributed by atoms with Crippen LogP contribution in [0.25, 0.3) is 5.69 Å². The third-order valence-corrected chi connectivity index (χ3v) is 5.26. The van der Waals surface area contributed by atoms with E-state index in [-0.39, 0.29) is 11.4 Å². The fourth-order valence-electron chi connectivity index (χ4n) is 3.94. The van der Waals surface area contributed by atoms with Crippen LogP contribution in [0, 0.1) is 6.92 Å². The van der Waals surface area contributed by atoms with Crippen LogP contribution in [0.2, 0.25) is 0 Å².